The van der Waals surface area contributed by atoms with Gasteiger partial charge < -0.3 is 9.64 Å². The Balaban J connectivity index is 1.81. The van der Waals surface area contributed by atoms with Gasteiger partial charge in [0.1, 0.15) is 5.75 Å². The normalized spacial score (nSPS) is 33.3. The fourth-order valence-electron chi connectivity index (χ4n) is 4.59. The average molecular weight is 323 g/mol. The van der Waals surface area contributed by atoms with Gasteiger partial charge in [-0.1, -0.05) is 36.4 Å². The number of fused-ring (bicyclic) bond motifs is 2. The Morgan fingerprint density at radius 1 is 1.22 bits per heavy atom. The largest absolute Gasteiger partial charge is 0.479 e. The van der Waals surface area contributed by atoms with E-state index in [4.69, 9.17) is 4.74 Å². The van der Waals surface area contributed by atoms with Crippen molar-refractivity contribution in [2.75, 3.05) is 6.54 Å². The number of hydrogen-bond acceptors (Lipinski definition) is 3. The Bertz CT molecular complexity index is 807. The monoisotopic (exact) mass is 323 g/mol. The predicted octanol–water partition coefficient (Wildman–Crippen LogP) is 3.39. The maximum atomic E-state index is 11.6. The number of thioether (sulfide) groups is 1. The van der Waals surface area contributed by atoms with Crippen molar-refractivity contribution >= 4 is 18.2 Å². The Hall–Kier alpha value is -1.94. The summed E-state index contributed by atoms with van der Waals surface area (Å²) in [5.41, 5.74) is 2.05. The summed E-state index contributed by atoms with van der Waals surface area (Å²) in [6.07, 6.45) is 0.983. The SMILES string of the molecule is CC1N(C=O)CC2Sc3ccccc3C13Oc1ccccc1C23. The minimum absolute atomic E-state index is 0.00991. The Kier molecular flexibility index (Phi) is 2.66. The van der Waals surface area contributed by atoms with Crippen LogP contribution in [0.15, 0.2) is 53.4 Å². The first-order chi connectivity index (χ1) is 11.3. The number of ether oxygens (including phenoxy) is 1. The van der Waals surface area contributed by atoms with Gasteiger partial charge in [0.05, 0.1) is 6.04 Å². The molecule has 3 aliphatic rings. The molecule has 4 unspecified atom stereocenters. The fourth-order valence-corrected chi connectivity index (χ4v) is 6.16. The van der Waals surface area contributed by atoms with Gasteiger partial charge in [0, 0.05) is 33.7 Å². The molecule has 0 aliphatic carbocycles. The molecule has 2 aromatic carbocycles. The first-order valence-electron chi connectivity index (χ1n) is 8.01. The molecule has 0 aromatic heterocycles. The van der Waals surface area contributed by atoms with Gasteiger partial charge in [0.15, 0.2) is 5.60 Å². The number of carbonyl (C=O) groups is 1. The standard InChI is InChI=1S/C19H17NO2S/c1-12-19-14-7-3-5-9-16(14)23-17(10-20(12)11-21)18(19)13-6-2-4-8-15(13)22-19/h2-9,11-12,17-18H,10H2,1H3. The van der Waals surface area contributed by atoms with E-state index in [1.54, 1.807) is 0 Å². The molecule has 2 bridgehead atoms. The Labute approximate surface area is 139 Å². The maximum Gasteiger partial charge on any atom is 0.210 e. The van der Waals surface area contributed by atoms with Crippen LogP contribution in [0.1, 0.15) is 24.0 Å². The van der Waals surface area contributed by atoms with Crippen LogP contribution in [0.5, 0.6) is 5.75 Å². The van der Waals surface area contributed by atoms with E-state index in [1.807, 2.05) is 22.7 Å². The molecule has 4 heteroatoms. The van der Waals surface area contributed by atoms with E-state index in [0.717, 1.165) is 18.7 Å². The molecule has 23 heavy (non-hydrogen) atoms. The molecule has 3 nitrogen and oxygen atoms in total. The number of benzene rings is 2. The second-order valence-corrected chi connectivity index (χ2v) is 7.82. The molecule has 5 rings (SSSR count). The van der Waals surface area contributed by atoms with Crippen molar-refractivity contribution in [1.29, 1.82) is 0 Å². The van der Waals surface area contributed by atoms with Crippen molar-refractivity contribution in [3.05, 3.63) is 59.7 Å². The van der Waals surface area contributed by atoms with Gasteiger partial charge in [-0.3, -0.25) is 4.79 Å². The van der Waals surface area contributed by atoms with Crippen molar-refractivity contribution in [3.8, 4) is 5.75 Å². The third-order valence-corrected chi connectivity index (χ3v) is 6.93. The molecule has 3 aliphatic heterocycles. The van der Waals surface area contributed by atoms with Gasteiger partial charge in [-0.25, -0.2) is 0 Å². The van der Waals surface area contributed by atoms with Crippen LogP contribution in [0.2, 0.25) is 0 Å². The molecule has 1 saturated heterocycles. The van der Waals surface area contributed by atoms with Crippen LogP contribution in [0.25, 0.3) is 0 Å². The third-order valence-electron chi connectivity index (χ3n) is 5.60. The van der Waals surface area contributed by atoms with Gasteiger partial charge in [-0.05, 0) is 19.1 Å². The van der Waals surface area contributed by atoms with E-state index >= 15 is 0 Å². The van der Waals surface area contributed by atoms with Crippen molar-refractivity contribution in [1.82, 2.24) is 4.90 Å². The number of likely N-dealkylation sites (tertiary alicyclic amines) is 1. The molecule has 116 valence electrons. The number of piperidine rings is 1. The highest BCUT2D eigenvalue weighted by Crippen LogP contribution is 2.63. The lowest BCUT2D eigenvalue weighted by molar-refractivity contribution is -0.130. The van der Waals surface area contributed by atoms with Gasteiger partial charge in [0.25, 0.3) is 0 Å². The van der Waals surface area contributed by atoms with Gasteiger partial charge in [-0.2, -0.15) is 0 Å². The average Bonchev–Trinajstić information content (AvgIpc) is 2.96. The molecular weight excluding hydrogens is 306 g/mol. The van der Waals surface area contributed by atoms with Crippen LogP contribution in [-0.4, -0.2) is 29.1 Å². The lowest BCUT2D eigenvalue weighted by Gasteiger charge is -2.54. The number of para-hydroxylation sites is 1. The fraction of sp³-hybridized carbons (Fsp3) is 0.316. The molecule has 0 saturated carbocycles. The maximum absolute atomic E-state index is 11.6. The summed E-state index contributed by atoms with van der Waals surface area (Å²) in [4.78, 5) is 14.8. The molecule has 0 spiro atoms. The highest BCUT2D eigenvalue weighted by atomic mass is 32.2. The molecule has 0 radical (unpaired) electrons. The summed E-state index contributed by atoms with van der Waals surface area (Å²) in [6, 6.07) is 16.9. The number of amides is 1. The van der Waals surface area contributed by atoms with Gasteiger partial charge >= 0.3 is 0 Å². The number of nitrogens with zero attached hydrogens (tertiary/aromatic N) is 1. The second-order valence-electron chi connectivity index (χ2n) is 6.54. The van der Waals surface area contributed by atoms with Gasteiger partial charge in [0.2, 0.25) is 6.41 Å². The van der Waals surface area contributed by atoms with Crippen LogP contribution in [0.3, 0.4) is 0 Å². The Morgan fingerprint density at radius 2 is 2.00 bits per heavy atom. The van der Waals surface area contributed by atoms with E-state index in [9.17, 15) is 4.79 Å². The van der Waals surface area contributed by atoms with Crippen molar-refractivity contribution in [3.63, 3.8) is 0 Å². The van der Waals surface area contributed by atoms with Gasteiger partial charge in [-0.15, -0.1) is 11.8 Å². The summed E-state index contributed by atoms with van der Waals surface area (Å²) in [6.45, 7) is 2.89. The zero-order valence-corrected chi connectivity index (χ0v) is 13.6. The summed E-state index contributed by atoms with van der Waals surface area (Å²) in [5, 5.41) is 0.329. The summed E-state index contributed by atoms with van der Waals surface area (Å²) in [7, 11) is 0. The molecule has 1 fully saturated rings. The smallest absolute Gasteiger partial charge is 0.210 e. The number of rotatable bonds is 1. The van der Waals surface area contributed by atoms with Crippen LogP contribution in [-0.2, 0) is 10.4 Å². The molecule has 3 heterocycles. The number of hydrogen-bond donors (Lipinski definition) is 0. The first-order valence-corrected chi connectivity index (χ1v) is 8.89. The number of carbonyl (C=O) groups excluding carboxylic acids is 1. The van der Waals surface area contributed by atoms with Crippen LogP contribution < -0.4 is 4.74 Å². The second kappa shape index (κ2) is 4.54. The minimum Gasteiger partial charge on any atom is -0.479 e. The van der Waals surface area contributed by atoms with E-state index in [1.165, 1.54) is 16.0 Å². The molecule has 4 atom stereocenters. The predicted molar refractivity (Wildman–Crippen MR) is 89.8 cm³/mol. The minimum atomic E-state index is -0.463. The molecular formula is C19H17NO2S. The quantitative estimate of drug-likeness (QED) is 0.754. The van der Waals surface area contributed by atoms with Crippen LogP contribution in [0, 0.1) is 0 Å². The van der Waals surface area contributed by atoms with E-state index < -0.39 is 5.60 Å². The molecule has 1 amide bonds. The van der Waals surface area contributed by atoms with Crippen molar-refractivity contribution < 1.29 is 9.53 Å². The lowest BCUT2D eigenvalue weighted by Crippen LogP contribution is -2.63. The lowest BCUT2D eigenvalue weighted by atomic mass is 9.69. The highest BCUT2D eigenvalue weighted by molar-refractivity contribution is 8.00. The molecule has 0 N–H and O–H groups in total. The van der Waals surface area contributed by atoms with Crippen LogP contribution in [0.4, 0.5) is 0 Å². The van der Waals surface area contributed by atoms with Crippen molar-refractivity contribution in [2.24, 2.45) is 0 Å². The Morgan fingerprint density at radius 3 is 2.87 bits per heavy atom. The summed E-state index contributed by atoms with van der Waals surface area (Å²) < 4.78 is 6.63. The van der Waals surface area contributed by atoms with E-state index in [0.29, 0.717) is 11.2 Å². The highest BCUT2D eigenvalue weighted by Gasteiger charge is 2.63. The van der Waals surface area contributed by atoms with E-state index in [2.05, 4.69) is 49.4 Å². The topological polar surface area (TPSA) is 29.5 Å². The zero-order chi connectivity index (χ0) is 15.6. The first kappa shape index (κ1) is 13.5. The van der Waals surface area contributed by atoms with Crippen LogP contribution >= 0.6 is 11.8 Å². The molecule has 2 aromatic rings. The zero-order valence-electron chi connectivity index (χ0n) is 12.8. The van der Waals surface area contributed by atoms with E-state index in [-0.39, 0.29) is 6.04 Å². The van der Waals surface area contributed by atoms with Crippen molar-refractivity contribution in [2.45, 2.75) is 34.6 Å². The summed E-state index contributed by atoms with van der Waals surface area (Å²) in [5.74, 6) is 1.27. The third kappa shape index (κ3) is 1.55. The summed E-state index contributed by atoms with van der Waals surface area (Å²) >= 11 is 1.89.